The third kappa shape index (κ3) is 2.31. The minimum absolute atomic E-state index is 0.00352. The SMILES string of the molecule is NNc1snnc1Cn1cc([N+](=O)[O-])cnc1=O. The van der Waals surface area contributed by atoms with Crippen molar-refractivity contribution in [3.05, 3.63) is 38.7 Å². The van der Waals surface area contributed by atoms with Crippen molar-refractivity contribution >= 4 is 22.2 Å². The molecule has 0 amide bonds. The van der Waals surface area contributed by atoms with Crippen molar-refractivity contribution in [2.45, 2.75) is 6.54 Å². The largest absolute Gasteiger partial charge is 0.348 e. The zero-order valence-corrected chi connectivity index (χ0v) is 9.62. The van der Waals surface area contributed by atoms with Crippen LogP contribution in [-0.4, -0.2) is 24.1 Å². The third-order valence-corrected chi connectivity index (χ3v) is 2.76. The lowest BCUT2D eigenvalue weighted by Gasteiger charge is -2.03. The van der Waals surface area contributed by atoms with E-state index in [0.717, 1.165) is 28.5 Å². The maximum Gasteiger partial charge on any atom is 0.348 e. The van der Waals surface area contributed by atoms with E-state index in [1.165, 1.54) is 0 Å². The van der Waals surface area contributed by atoms with E-state index in [1.54, 1.807) is 0 Å². The molecule has 3 N–H and O–H groups in total. The fourth-order valence-electron chi connectivity index (χ4n) is 1.23. The van der Waals surface area contributed by atoms with Gasteiger partial charge in [0, 0.05) is 11.5 Å². The molecule has 0 radical (unpaired) electrons. The number of anilines is 1. The van der Waals surface area contributed by atoms with E-state index in [1.807, 2.05) is 0 Å². The van der Waals surface area contributed by atoms with Crippen LogP contribution < -0.4 is 17.0 Å². The highest BCUT2D eigenvalue weighted by Gasteiger charge is 2.12. The van der Waals surface area contributed by atoms with E-state index < -0.39 is 10.6 Å². The Labute approximate surface area is 103 Å². The summed E-state index contributed by atoms with van der Waals surface area (Å²) in [5.74, 6) is 5.23. The molecule has 2 aromatic heterocycles. The number of aromatic nitrogens is 4. The first-order valence-electron chi connectivity index (χ1n) is 4.60. The first-order valence-corrected chi connectivity index (χ1v) is 5.38. The minimum Gasteiger partial charge on any atom is -0.313 e. The highest BCUT2D eigenvalue weighted by Crippen LogP contribution is 2.16. The molecular formula is C7H7N7O3S. The van der Waals surface area contributed by atoms with E-state index >= 15 is 0 Å². The topological polar surface area (TPSA) is 142 Å². The number of rotatable bonds is 4. The molecule has 2 rings (SSSR count). The summed E-state index contributed by atoms with van der Waals surface area (Å²) >= 11 is 1.02. The third-order valence-electron chi connectivity index (χ3n) is 2.06. The van der Waals surface area contributed by atoms with E-state index in [9.17, 15) is 14.9 Å². The summed E-state index contributed by atoms with van der Waals surface area (Å²) in [6.45, 7) is 0.00352. The molecule has 0 spiro atoms. The van der Waals surface area contributed by atoms with Gasteiger partial charge in [-0.2, -0.15) is 4.98 Å². The van der Waals surface area contributed by atoms with Crippen LogP contribution in [0, 0.1) is 10.1 Å². The minimum atomic E-state index is -0.635. The van der Waals surface area contributed by atoms with Crippen molar-refractivity contribution in [1.29, 1.82) is 0 Å². The molecule has 0 aliphatic heterocycles. The van der Waals surface area contributed by atoms with Crippen LogP contribution in [0.25, 0.3) is 0 Å². The summed E-state index contributed by atoms with van der Waals surface area (Å²) in [7, 11) is 0. The molecule has 10 nitrogen and oxygen atoms in total. The van der Waals surface area contributed by atoms with Gasteiger partial charge >= 0.3 is 11.4 Å². The summed E-state index contributed by atoms with van der Waals surface area (Å²) in [5, 5.41) is 14.8. The smallest absolute Gasteiger partial charge is 0.313 e. The predicted molar refractivity (Wildman–Crippen MR) is 62.0 cm³/mol. The average Bonchev–Trinajstić information content (AvgIpc) is 2.79. The number of hydrogen-bond acceptors (Lipinski definition) is 9. The predicted octanol–water partition coefficient (Wildman–Crippen LogP) is -0.663. The van der Waals surface area contributed by atoms with Gasteiger partial charge in [-0.05, 0) is 0 Å². The molecule has 18 heavy (non-hydrogen) atoms. The lowest BCUT2D eigenvalue weighted by molar-refractivity contribution is -0.385. The summed E-state index contributed by atoms with van der Waals surface area (Å²) < 4.78 is 4.72. The number of hydrazine groups is 1. The van der Waals surface area contributed by atoms with Gasteiger partial charge in [0.15, 0.2) is 0 Å². The molecule has 2 heterocycles. The maximum atomic E-state index is 11.5. The molecule has 0 aliphatic rings. The quantitative estimate of drug-likeness (QED) is 0.423. The van der Waals surface area contributed by atoms with Crippen LogP contribution in [0.2, 0.25) is 0 Å². The number of nitrogen functional groups attached to an aromatic ring is 1. The molecule has 11 heteroatoms. The molecule has 0 aromatic carbocycles. The fraction of sp³-hybridized carbons (Fsp3) is 0.143. The van der Waals surface area contributed by atoms with Crippen molar-refractivity contribution < 1.29 is 4.92 Å². The Balaban J connectivity index is 2.37. The van der Waals surface area contributed by atoms with Gasteiger partial charge in [-0.1, -0.05) is 4.49 Å². The van der Waals surface area contributed by atoms with Crippen molar-refractivity contribution in [1.82, 2.24) is 19.1 Å². The van der Waals surface area contributed by atoms with E-state index in [-0.39, 0.29) is 12.2 Å². The lowest BCUT2D eigenvalue weighted by atomic mass is 10.4. The van der Waals surface area contributed by atoms with Crippen molar-refractivity contribution in [2.75, 3.05) is 5.43 Å². The highest BCUT2D eigenvalue weighted by atomic mass is 32.1. The molecular weight excluding hydrogens is 262 g/mol. The van der Waals surface area contributed by atoms with Gasteiger partial charge in [0.1, 0.15) is 16.9 Å². The number of nitro groups is 1. The van der Waals surface area contributed by atoms with Gasteiger partial charge in [-0.15, -0.1) is 5.10 Å². The van der Waals surface area contributed by atoms with Crippen molar-refractivity contribution in [2.24, 2.45) is 5.84 Å². The molecule has 94 valence electrons. The standard InChI is InChI=1S/C7H7N7O3S/c8-10-6-5(11-12-18-6)3-13-2-4(14(16)17)1-9-7(13)15/h1-2,10H,3,8H2. The molecule has 2 aromatic rings. The molecule has 0 saturated carbocycles. The normalized spacial score (nSPS) is 10.3. The summed E-state index contributed by atoms with van der Waals surface area (Å²) in [4.78, 5) is 24.8. The maximum absolute atomic E-state index is 11.5. The van der Waals surface area contributed by atoms with Crippen LogP contribution in [-0.2, 0) is 6.54 Å². The summed E-state index contributed by atoms with van der Waals surface area (Å²) in [5.41, 5.74) is 1.89. The van der Waals surface area contributed by atoms with E-state index in [2.05, 4.69) is 20.0 Å². The molecule has 0 bridgehead atoms. The zero-order valence-electron chi connectivity index (χ0n) is 8.81. The Bertz CT molecular complexity index is 636. The van der Waals surface area contributed by atoms with Crippen LogP contribution in [0.15, 0.2) is 17.2 Å². The van der Waals surface area contributed by atoms with Crippen molar-refractivity contribution in [3.63, 3.8) is 0 Å². The Morgan fingerprint density at radius 2 is 2.39 bits per heavy atom. The molecule has 0 atom stereocenters. The van der Waals surface area contributed by atoms with Crippen LogP contribution in [0.5, 0.6) is 0 Å². The number of hydrogen-bond donors (Lipinski definition) is 2. The first-order chi connectivity index (χ1) is 8.61. The Morgan fingerprint density at radius 1 is 1.61 bits per heavy atom. The van der Waals surface area contributed by atoms with Crippen LogP contribution in [0.3, 0.4) is 0 Å². The summed E-state index contributed by atoms with van der Waals surface area (Å²) in [6.07, 6.45) is 2.00. The van der Waals surface area contributed by atoms with Gasteiger partial charge in [0.05, 0.1) is 17.7 Å². The van der Waals surface area contributed by atoms with Crippen molar-refractivity contribution in [3.8, 4) is 0 Å². The monoisotopic (exact) mass is 269 g/mol. The van der Waals surface area contributed by atoms with Gasteiger partial charge in [0.2, 0.25) is 0 Å². The Hall–Kier alpha value is -2.40. The van der Waals surface area contributed by atoms with E-state index in [4.69, 9.17) is 5.84 Å². The van der Waals surface area contributed by atoms with Crippen LogP contribution in [0.1, 0.15) is 5.69 Å². The number of nitrogens with two attached hydrogens (primary N) is 1. The number of nitrogens with zero attached hydrogens (tertiary/aromatic N) is 5. The number of nitrogens with one attached hydrogen (secondary N) is 1. The first kappa shape index (κ1) is 12.1. The van der Waals surface area contributed by atoms with Gasteiger partial charge < -0.3 is 5.43 Å². The zero-order chi connectivity index (χ0) is 13.1. The lowest BCUT2D eigenvalue weighted by Crippen LogP contribution is -2.23. The van der Waals surface area contributed by atoms with Gasteiger partial charge in [-0.25, -0.2) is 10.6 Å². The average molecular weight is 269 g/mol. The highest BCUT2D eigenvalue weighted by molar-refractivity contribution is 7.10. The van der Waals surface area contributed by atoms with Gasteiger partial charge in [-0.3, -0.25) is 14.7 Å². The second kappa shape index (κ2) is 4.85. The molecule has 0 aliphatic carbocycles. The fourth-order valence-corrected chi connectivity index (χ4v) is 1.72. The van der Waals surface area contributed by atoms with E-state index in [0.29, 0.717) is 10.7 Å². The van der Waals surface area contributed by atoms with Gasteiger partial charge in [0.25, 0.3) is 0 Å². The second-order valence-corrected chi connectivity index (χ2v) is 3.93. The summed E-state index contributed by atoms with van der Waals surface area (Å²) in [6, 6.07) is 0. The Kier molecular flexibility index (Phi) is 3.25. The molecule has 0 unspecified atom stereocenters. The second-order valence-electron chi connectivity index (χ2n) is 3.17. The molecule has 0 fully saturated rings. The molecule has 0 saturated heterocycles. The Morgan fingerprint density at radius 3 is 3.06 bits per heavy atom. The van der Waals surface area contributed by atoms with Crippen LogP contribution >= 0.6 is 11.5 Å². The van der Waals surface area contributed by atoms with Crippen LogP contribution in [0.4, 0.5) is 10.7 Å².